The largest absolute Gasteiger partial charge is 0.346 e. The van der Waals surface area contributed by atoms with Gasteiger partial charge >= 0.3 is 0 Å². The van der Waals surface area contributed by atoms with Gasteiger partial charge in [-0.15, -0.1) is 22.7 Å². The van der Waals surface area contributed by atoms with E-state index in [1.807, 2.05) is 11.4 Å². The van der Waals surface area contributed by atoms with Crippen molar-refractivity contribution in [2.24, 2.45) is 0 Å². The second kappa shape index (κ2) is 4.87. The number of carbonyl (C=O) groups excluding carboxylic acids is 1. The second-order valence-corrected chi connectivity index (χ2v) is 5.48. The molecule has 0 radical (unpaired) electrons. The smallest absolute Gasteiger partial charge is 0.263 e. The van der Waals surface area contributed by atoms with Gasteiger partial charge in [-0.05, 0) is 27.4 Å². The fourth-order valence-corrected chi connectivity index (χ4v) is 3.00. The number of rotatable bonds is 3. The number of thiazole rings is 1. The van der Waals surface area contributed by atoms with E-state index in [2.05, 4.69) is 26.2 Å². The Hall–Kier alpha value is -0.720. The van der Waals surface area contributed by atoms with E-state index in [1.54, 1.807) is 23.0 Å². The Morgan fingerprint density at radius 2 is 2.40 bits per heavy atom. The van der Waals surface area contributed by atoms with Crippen LogP contribution in [0.4, 0.5) is 0 Å². The van der Waals surface area contributed by atoms with E-state index in [9.17, 15) is 4.79 Å². The quantitative estimate of drug-likeness (QED) is 0.947. The molecule has 6 heteroatoms. The van der Waals surface area contributed by atoms with Gasteiger partial charge in [-0.3, -0.25) is 9.78 Å². The molecule has 0 spiro atoms. The minimum absolute atomic E-state index is 0.0715. The molecular formula is C9H7BrN2OS2. The van der Waals surface area contributed by atoms with Gasteiger partial charge in [0.2, 0.25) is 0 Å². The molecule has 0 bridgehead atoms. The molecule has 0 aromatic carbocycles. The first-order chi connectivity index (χ1) is 7.27. The van der Waals surface area contributed by atoms with Crippen LogP contribution in [0.3, 0.4) is 0 Å². The van der Waals surface area contributed by atoms with Gasteiger partial charge in [0.1, 0.15) is 4.88 Å². The highest BCUT2D eigenvalue weighted by atomic mass is 79.9. The maximum atomic E-state index is 11.6. The summed E-state index contributed by atoms with van der Waals surface area (Å²) in [5.74, 6) is -0.0715. The molecule has 0 aliphatic carbocycles. The minimum Gasteiger partial charge on any atom is -0.346 e. The Balaban J connectivity index is 1.95. The normalized spacial score (nSPS) is 10.2. The summed E-state index contributed by atoms with van der Waals surface area (Å²) in [7, 11) is 0. The number of hydrogen-bond donors (Lipinski definition) is 1. The molecule has 15 heavy (non-hydrogen) atoms. The van der Waals surface area contributed by atoms with Crippen LogP contribution in [0.2, 0.25) is 0 Å². The molecule has 0 aliphatic rings. The summed E-state index contributed by atoms with van der Waals surface area (Å²) in [4.78, 5) is 17.2. The maximum absolute atomic E-state index is 11.6. The van der Waals surface area contributed by atoms with Crippen molar-refractivity contribution in [1.82, 2.24) is 10.3 Å². The van der Waals surface area contributed by atoms with Gasteiger partial charge in [0, 0.05) is 9.35 Å². The van der Waals surface area contributed by atoms with E-state index in [0.29, 0.717) is 11.4 Å². The van der Waals surface area contributed by atoms with Crippen LogP contribution < -0.4 is 5.32 Å². The molecule has 0 atom stereocenters. The van der Waals surface area contributed by atoms with Gasteiger partial charge in [-0.25, -0.2) is 0 Å². The molecule has 2 aromatic rings. The standard InChI is InChI=1S/C9H7BrN2OS2/c10-6-1-2-14-7(6)4-12-9(13)8-3-11-5-15-8/h1-3,5H,4H2,(H,12,13). The van der Waals surface area contributed by atoms with Crippen LogP contribution in [-0.4, -0.2) is 10.9 Å². The molecule has 2 rings (SSSR count). The number of carbonyl (C=O) groups is 1. The maximum Gasteiger partial charge on any atom is 0.263 e. The molecule has 78 valence electrons. The second-order valence-electron chi connectivity index (χ2n) is 2.74. The van der Waals surface area contributed by atoms with E-state index in [1.165, 1.54) is 11.3 Å². The number of amides is 1. The zero-order chi connectivity index (χ0) is 10.7. The Kier molecular flexibility index (Phi) is 3.50. The lowest BCUT2D eigenvalue weighted by atomic mass is 10.4. The molecule has 1 amide bonds. The number of nitrogens with one attached hydrogen (secondary N) is 1. The topological polar surface area (TPSA) is 42.0 Å². The number of thiophene rings is 1. The highest BCUT2D eigenvalue weighted by Gasteiger charge is 2.08. The first-order valence-corrected chi connectivity index (χ1v) is 6.71. The van der Waals surface area contributed by atoms with Gasteiger partial charge in [0.05, 0.1) is 18.3 Å². The van der Waals surface area contributed by atoms with Gasteiger partial charge < -0.3 is 5.32 Å². The minimum atomic E-state index is -0.0715. The summed E-state index contributed by atoms with van der Waals surface area (Å²) < 4.78 is 1.04. The number of nitrogens with zero attached hydrogens (tertiary/aromatic N) is 1. The van der Waals surface area contributed by atoms with Crippen molar-refractivity contribution in [3.63, 3.8) is 0 Å². The molecular weight excluding hydrogens is 296 g/mol. The summed E-state index contributed by atoms with van der Waals surface area (Å²) in [5.41, 5.74) is 1.65. The van der Waals surface area contributed by atoms with Crippen LogP contribution in [-0.2, 0) is 6.54 Å². The Labute approximate surface area is 103 Å². The number of hydrogen-bond acceptors (Lipinski definition) is 4. The van der Waals surface area contributed by atoms with Gasteiger partial charge in [0.25, 0.3) is 5.91 Å². The molecule has 0 saturated heterocycles. The Morgan fingerprint density at radius 3 is 3.00 bits per heavy atom. The van der Waals surface area contributed by atoms with E-state index in [4.69, 9.17) is 0 Å². The highest BCUT2D eigenvalue weighted by molar-refractivity contribution is 9.10. The lowest BCUT2D eigenvalue weighted by molar-refractivity contribution is 0.0955. The van der Waals surface area contributed by atoms with E-state index >= 15 is 0 Å². The van der Waals surface area contributed by atoms with Gasteiger partial charge in [-0.2, -0.15) is 0 Å². The van der Waals surface area contributed by atoms with Gasteiger partial charge in [-0.1, -0.05) is 0 Å². The monoisotopic (exact) mass is 302 g/mol. The summed E-state index contributed by atoms with van der Waals surface area (Å²) in [6, 6.07) is 1.97. The van der Waals surface area contributed by atoms with Crippen molar-refractivity contribution in [3.8, 4) is 0 Å². The summed E-state index contributed by atoms with van der Waals surface area (Å²) >= 11 is 6.37. The first kappa shape index (κ1) is 10.8. The predicted molar refractivity (Wildman–Crippen MR) is 65.3 cm³/mol. The van der Waals surface area contributed by atoms with Crippen molar-refractivity contribution in [3.05, 3.63) is 37.4 Å². The van der Waals surface area contributed by atoms with E-state index in [0.717, 1.165) is 9.35 Å². The first-order valence-electron chi connectivity index (χ1n) is 4.16. The molecule has 0 fully saturated rings. The molecule has 0 saturated carbocycles. The highest BCUT2D eigenvalue weighted by Crippen LogP contribution is 2.22. The van der Waals surface area contributed by atoms with Crippen LogP contribution in [0.25, 0.3) is 0 Å². The van der Waals surface area contributed by atoms with Gasteiger partial charge in [0.15, 0.2) is 0 Å². The predicted octanol–water partition coefficient (Wildman–Crippen LogP) is 2.90. The van der Waals surface area contributed by atoms with E-state index < -0.39 is 0 Å². The fraction of sp³-hybridized carbons (Fsp3) is 0.111. The van der Waals surface area contributed by atoms with Crippen molar-refractivity contribution in [1.29, 1.82) is 0 Å². The van der Waals surface area contributed by atoms with Crippen LogP contribution in [0, 0.1) is 0 Å². The zero-order valence-corrected chi connectivity index (χ0v) is 10.8. The molecule has 2 aromatic heterocycles. The summed E-state index contributed by atoms with van der Waals surface area (Å²) in [6.07, 6.45) is 1.57. The van der Waals surface area contributed by atoms with Crippen molar-refractivity contribution in [2.45, 2.75) is 6.54 Å². The molecule has 0 aliphatic heterocycles. The average Bonchev–Trinajstić information content (AvgIpc) is 2.85. The summed E-state index contributed by atoms with van der Waals surface area (Å²) in [6.45, 7) is 0.551. The third kappa shape index (κ3) is 2.64. The molecule has 2 heterocycles. The van der Waals surface area contributed by atoms with E-state index in [-0.39, 0.29) is 5.91 Å². The molecule has 1 N–H and O–H groups in total. The Bertz CT molecular complexity index is 452. The van der Waals surface area contributed by atoms with Crippen molar-refractivity contribution >= 4 is 44.5 Å². The van der Waals surface area contributed by atoms with Crippen LogP contribution in [0.1, 0.15) is 14.5 Å². The zero-order valence-electron chi connectivity index (χ0n) is 7.57. The van der Waals surface area contributed by atoms with Crippen molar-refractivity contribution < 1.29 is 4.79 Å². The lowest BCUT2D eigenvalue weighted by Gasteiger charge is -2.01. The number of aromatic nitrogens is 1. The SMILES string of the molecule is O=C(NCc1sccc1Br)c1cncs1. The van der Waals surface area contributed by atoms with Crippen LogP contribution in [0.15, 0.2) is 27.6 Å². The lowest BCUT2D eigenvalue weighted by Crippen LogP contribution is -2.21. The number of halogens is 1. The molecule has 0 unspecified atom stereocenters. The average molecular weight is 303 g/mol. The third-order valence-corrected chi connectivity index (χ3v) is 4.45. The Morgan fingerprint density at radius 1 is 1.53 bits per heavy atom. The van der Waals surface area contributed by atoms with Crippen molar-refractivity contribution in [2.75, 3.05) is 0 Å². The van der Waals surface area contributed by atoms with Crippen LogP contribution >= 0.6 is 38.6 Å². The fourth-order valence-electron chi connectivity index (χ4n) is 1.03. The third-order valence-electron chi connectivity index (χ3n) is 1.76. The molecule has 3 nitrogen and oxygen atoms in total. The summed E-state index contributed by atoms with van der Waals surface area (Å²) in [5, 5.41) is 4.82. The van der Waals surface area contributed by atoms with Crippen LogP contribution in [0.5, 0.6) is 0 Å².